The van der Waals surface area contributed by atoms with Crippen LogP contribution in [-0.4, -0.2) is 43.4 Å². The van der Waals surface area contributed by atoms with Gasteiger partial charge < -0.3 is 9.84 Å². The maximum atomic E-state index is 13.2. The number of rotatable bonds is 13. The predicted molar refractivity (Wildman–Crippen MR) is 152 cm³/mol. The standard InChI is InChI=1S/C30H33F3N6O3/c1-3-4-5-6-9-25(40)35-19-21-10-12-22(13-11-21)28(41)37-29-36-27(26-20(2)8-7-18-34-26)38-39(29)23-14-16-24(17-15-23)42-30(31,32)33/h7-8,10-18,25,35,40H,3-6,9,19H2,1-2H3,(H,36,37,38,41). The fraction of sp³-hybridized carbons (Fsp3) is 0.333. The Morgan fingerprint density at radius 2 is 1.79 bits per heavy atom. The van der Waals surface area contributed by atoms with Crippen molar-refractivity contribution in [3.63, 3.8) is 0 Å². The molecule has 0 fully saturated rings. The largest absolute Gasteiger partial charge is 0.573 e. The first kappa shape index (κ1) is 30.7. The number of hydrogen-bond donors (Lipinski definition) is 3. The molecule has 1 atom stereocenters. The summed E-state index contributed by atoms with van der Waals surface area (Å²) < 4.78 is 43.1. The zero-order valence-corrected chi connectivity index (χ0v) is 23.4. The van der Waals surface area contributed by atoms with E-state index in [1.165, 1.54) is 16.8 Å². The molecule has 2 aromatic heterocycles. The van der Waals surface area contributed by atoms with Crippen molar-refractivity contribution in [2.75, 3.05) is 5.32 Å². The Hall–Kier alpha value is -4.29. The van der Waals surface area contributed by atoms with Crippen LogP contribution in [0.25, 0.3) is 17.2 Å². The summed E-state index contributed by atoms with van der Waals surface area (Å²) in [4.78, 5) is 22.0. The fourth-order valence-corrected chi connectivity index (χ4v) is 4.23. The van der Waals surface area contributed by atoms with E-state index in [-0.39, 0.29) is 11.8 Å². The van der Waals surface area contributed by atoms with Gasteiger partial charge in [0.05, 0.1) is 5.69 Å². The smallest absolute Gasteiger partial charge is 0.406 e. The minimum absolute atomic E-state index is 0.0569. The van der Waals surface area contributed by atoms with E-state index in [9.17, 15) is 23.1 Å². The molecule has 2 heterocycles. The van der Waals surface area contributed by atoms with Crippen molar-refractivity contribution in [2.24, 2.45) is 0 Å². The molecule has 4 rings (SSSR count). The summed E-state index contributed by atoms with van der Waals surface area (Å²) in [7, 11) is 0. The number of benzene rings is 2. The highest BCUT2D eigenvalue weighted by Gasteiger charge is 2.31. The van der Waals surface area contributed by atoms with Gasteiger partial charge >= 0.3 is 6.36 Å². The molecule has 0 radical (unpaired) electrons. The Morgan fingerprint density at radius 3 is 2.45 bits per heavy atom. The van der Waals surface area contributed by atoms with Gasteiger partial charge in [-0.2, -0.15) is 9.67 Å². The van der Waals surface area contributed by atoms with Gasteiger partial charge in [0, 0.05) is 18.3 Å². The number of amides is 1. The van der Waals surface area contributed by atoms with E-state index >= 15 is 0 Å². The number of hydrogen-bond acceptors (Lipinski definition) is 7. The molecule has 9 nitrogen and oxygen atoms in total. The second-order valence-corrected chi connectivity index (χ2v) is 9.78. The molecule has 0 saturated carbocycles. The third-order valence-electron chi connectivity index (χ3n) is 6.46. The zero-order valence-electron chi connectivity index (χ0n) is 23.4. The van der Waals surface area contributed by atoms with Crippen molar-refractivity contribution in [2.45, 2.75) is 65.1 Å². The molecule has 12 heteroatoms. The van der Waals surface area contributed by atoms with Gasteiger partial charge in [-0.05, 0) is 73.4 Å². The van der Waals surface area contributed by atoms with E-state index in [1.807, 2.05) is 13.0 Å². The minimum atomic E-state index is -4.82. The molecule has 0 spiro atoms. The number of nitrogens with zero attached hydrogens (tertiary/aromatic N) is 4. The maximum absolute atomic E-state index is 13.2. The number of aryl methyl sites for hydroxylation is 1. The maximum Gasteiger partial charge on any atom is 0.573 e. The van der Waals surface area contributed by atoms with Crippen LogP contribution in [0.2, 0.25) is 0 Å². The number of nitrogens with one attached hydrogen (secondary N) is 2. The number of ether oxygens (including phenoxy) is 1. The quantitative estimate of drug-likeness (QED) is 0.128. The Balaban J connectivity index is 1.49. The lowest BCUT2D eigenvalue weighted by Crippen LogP contribution is -2.28. The predicted octanol–water partition coefficient (Wildman–Crippen LogP) is 6.17. The molecular weight excluding hydrogens is 549 g/mol. The number of aliphatic hydroxyl groups excluding tert-OH is 1. The molecule has 1 unspecified atom stereocenters. The van der Waals surface area contributed by atoms with Crippen LogP contribution >= 0.6 is 0 Å². The number of pyridine rings is 1. The Labute approximate surface area is 241 Å². The SMILES string of the molecule is CCCCCCC(O)NCc1ccc(C(=O)Nc2nc(-c3ncccc3C)nn2-c2ccc(OC(F)(F)F)cc2)cc1. The first-order valence-corrected chi connectivity index (χ1v) is 13.7. The highest BCUT2D eigenvalue weighted by molar-refractivity contribution is 6.03. The molecule has 222 valence electrons. The molecule has 0 aliphatic carbocycles. The van der Waals surface area contributed by atoms with Gasteiger partial charge in [0.2, 0.25) is 11.8 Å². The average Bonchev–Trinajstić information content (AvgIpc) is 3.37. The van der Waals surface area contributed by atoms with Crippen LogP contribution in [0, 0.1) is 6.92 Å². The highest BCUT2D eigenvalue weighted by atomic mass is 19.4. The van der Waals surface area contributed by atoms with Crippen molar-refractivity contribution < 1.29 is 27.8 Å². The number of carbonyl (C=O) groups is 1. The van der Waals surface area contributed by atoms with Gasteiger partial charge in [0.25, 0.3) is 5.91 Å². The normalized spacial score (nSPS) is 12.2. The lowest BCUT2D eigenvalue weighted by Gasteiger charge is -2.13. The van der Waals surface area contributed by atoms with Crippen molar-refractivity contribution in [1.29, 1.82) is 0 Å². The Morgan fingerprint density at radius 1 is 1.05 bits per heavy atom. The van der Waals surface area contributed by atoms with Crippen LogP contribution in [-0.2, 0) is 6.54 Å². The van der Waals surface area contributed by atoms with E-state index in [0.29, 0.717) is 29.9 Å². The fourth-order valence-electron chi connectivity index (χ4n) is 4.23. The van der Waals surface area contributed by atoms with Crippen molar-refractivity contribution in [3.05, 3.63) is 83.6 Å². The molecule has 0 aliphatic rings. The van der Waals surface area contributed by atoms with Crippen LogP contribution < -0.4 is 15.4 Å². The van der Waals surface area contributed by atoms with E-state index in [1.54, 1.807) is 36.5 Å². The first-order chi connectivity index (χ1) is 20.1. The number of carbonyl (C=O) groups excluding carboxylic acids is 1. The summed E-state index contributed by atoms with van der Waals surface area (Å²) in [6.45, 7) is 4.43. The number of aliphatic hydroxyl groups is 1. The number of unbranched alkanes of at least 4 members (excludes halogenated alkanes) is 3. The van der Waals surface area contributed by atoms with Crippen molar-refractivity contribution >= 4 is 11.9 Å². The van der Waals surface area contributed by atoms with E-state index < -0.39 is 24.2 Å². The topological polar surface area (TPSA) is 114 Å². The van der Waals surface area contributed by atoms with E-state index in [0.717, 1.165) is 48.9 Å². The average molecular weight is 583 g/mol. The molecule has 0 saturated heterocycles. The summed E-state index contributed by atoms with van der Waals surface area (Å²) in [6.07, 6.45) is 1.19. The Kier molecular flexibility index (Phi) is 10.3. The van der Waals surface area contributed by atoms with E-state index in [4.69, 9.17) is 0 Å². The molecule has 0 bridgehead atoms. The third kappa shape index (κ3) is 8.60. The van der Waals surface area contributed by atoms with E-state index in [2.05, 4.69) is 37.4 Å². The zero-order chi connectivity index (χ0) is 30.1. The molecule has 1 amide bonds. The highest BCUT2D eigenvalue weighted by Crippen LogP contribution is 2.26. The summed E-state index contributed by atoms with van der Waals surface area (Å²) in [5, 5.41) is 20.5. The second kappa shape index (κ2) is 14.1. The van der Waals surface area contributed by atoms with Crippen LogP contribution in [0.4, 0.5) is 19.1 Å². The monoisotopic (exact) mass is 582 g/mol. The van der Waals surface area contributed by atoms with Gasteiger partial charge in [-0.1, -0.05) is 44.4 Å². The summed E-state index contributed by atoms with van der Waals surface area (Å²) in [5.74, 6) is -0.563. The summed E-state index contributed by atoms with van der Waals surface area (Å²) in [6, 6.07) is 15.6. The van der Waals surface area contributed by atoms with Gasteiger partial charge in [0.15, 0.2) is 0 Å². The minimum Gasteiger partial charge on any atom is -0.406 e. The lowest BCUT2D eigenvalue weighted by molar-refractivity contribution is -0.274. The molecule has 0 aliphatic heterocycles. The molecule has 3 N–H and O–H groups in total. The van der Waals surface area contributed by atoms with Crippen LogP contribution in [0.5, 0.6) is 5.75 Å². The number of anilines is 1. The van der Waals surface area contributed by atoms with Gasteiger partial charge in [-0.3, -0.25) is 20.4 Å². The molecule has 4 aromatic rings. The lowest BCUT2D eigenvalue weighted by atomic mass is 10.1. The van der Waals surface area contributed by atoms with Crippen LogP contribution in [0.3, 0.4) is 0 Å². The second-order valence-electron chi connectivity index (χ2n) is 9.78. The summed E-state index contributed by atoms with van der Waals surface area (Å²) >= 11 is 0. The van der Waals surface area contributed by atoms with Gasteiger partial charge in [-0.15, -0.1) is 18.3 Å². The number of aromatic nitrogens is 4. The molecule has 42 heavy (non-hydrogen) atoms. The summed E-state index contributed by atoms with van der Waals surface area (Å²) in [5.41, 5.74) is 2.90. The van der Waals surface area contributed by atoms with Crippen LogP contribution in [0.15, 0.2) is 66.9 Å². The Bertz CT molecular complexity index is 1460. The van der Waals surface area contributed by atoms with Gasteiger partial charge in [-0.25, -0.2) is 0 Å². The molecule has 2 aromatic carbocycles. The first-order valence-electron chi connectivity index (χ1n) is 13.7. The van der Waals surface area contributed by atoms with Crippen molar-refractivity contribution in [1.82, 2.24) is 25.1 Å². The number of halogens is 3. The van der Waals surface area contributed by atoms with Gasteiger partial charge in [0.1, 0.15) is 17.7 Å². The number of alkyl halides is 3. The van der Waals surface area contributed by atoms with Crippen LogP contribution in [0.1, 0.15) is 60.5 Å². The van der Waals surface area contributed by atoms with Crippen molar-refractivity contribution in [3.8, 4) is 23.0 Å². The molecular formula is C30H33F3N6O3. The third-order valence-corrected chi connectivity index (χ3v) is 6.46.